The number of benzene rings is 1. The Balaban J connectivity index is 2.75. The minimum Gasteiger partial charge on any atom is -0.423 e. The Labute approximate surface area is 89.9 Å². The first-order chi connectivity index (χ1) is 6.11. The van der Waals surface area contributed by atoms with Gasteiger partial charge < -0.3 is 9.84 Å². The van der Waals surface area contributed by atoms with E-state index in [1.165, 1.54) is 6.92 Å². The molecule has 0 saturated carbocycles. The van der Waals surface area contributed by atoms with Crippen molar-refractivity contribution in [1.82, 2.24) is 0 Å². The fourth-order valence-corrected chi connectivity index (χ4v) is 1.22. The second-order valence-electron chi connectivity index (χ2n) is 2.53. The average molecular weight is 292 g/mol. The van der Waals surface area contributed by atoms with Crippen LogP contribution in [0.5, 0.6) is 5.75 Å². The van der Waals surface area contributed by atoms with Gasteiger partial charge in [-0.2, -0.15) is 0 Å². The number of carbonyl (C=O) groups excluding carboxylic acids is 1. The number of halogens is 1. The molecule has 1 aromatic rings. The minimum atomic E-state index is -1.09. The first-order valence-electron chi connectivity index (χ1n) is 3.75. The van der Waals surface area contributed by atoms with Crippen LogP contribution in [0.2, 0.25) is 0 Å². The number of hydrogen-bond acceptors (Lipinski definition) is 3. The van der Waals surface area contributed by atoms with Gasteiger partial charge in [0.15, 0.2) is 0 Å². The molecule has 1 N–H and O–H groups in total. The van der Waals surface area contributed by atoms with Crippen molar-refractivity contribution >= 4 is 28.6 Å². The smallest absolute Gasteiger partial charge is 0.340 e. The molecule has 1 aromatic carbocycles. The van der Waals surface area contributed by atoms with Gasteiger partial charge in [0.25, 0.3) is 0 Å². The number of para-hydroxylation sites is 1. The van der Waals surface area contributed by atoms with E-state index < -0.39 is 12.1 Å². The van der Waals surface area contributed by atoms with Crippen molar-refractivity contribution in [3.05, 3.63) is 27.8 Å². The maximum Gasteiger partial charge on any atom is 0.340 e. The molecule has 0 aliphatic rings. The quantitative estimate of drug-likeness (QED) is 0.511. The molecular weight excluding hydrogens is 283 g/mol. The fourth-order valence-electron chi connectivity index (χ4n) is 0.721. The van der Waals surface area contributed by atoms with E-state index in [-0.39, 0.29) is 0 Å². The summed E-state index contributed by atoms with van der Waals surface area (Å²) in [5, 5.41) is 8.90. The Morgan fingerprint density at radius 2 is 2.15 bits per heavy atom. The molecule has 3 nitrogen and oxygen atoms in total. The highest BCUT2D eigenvalue weighted by atomic mass is 127. The molecule has 0 unspecified atom stereocenters. The number of hydrogen-bond donors (Lipinski definition) is 1. The van der Waals surface area contributed by atoms with E-state index in [1.54, 1.807) is 12.1 Å². The number of aliphatic hydroxyl groups is 1. The van der Waals surface area contributed by atoms with Crippen molar-refractivity contribution in [3.8, 4) is 5.75 Å². The third-order valence-corrected chi connectivity index (χ3v) is 2.28. The van der Waals surface area contributed by atoms with Gasteiger partial charge in [-0.15, -0.1) is 0 Å². The summed E-state index contributed by atoms with van der Waals surface area (Å²) in [7, 11) is 0. The van der Waals surface area contributed by atoms with Gasteiger partial charge in [-0.1, -0.05) is 12.1 Å². The summed E-state index contributed by atoms with van der Waals surface area (Å²) in [6.45, 7) is 1.37. The van der Waals surface area contributed by atoms with Crippen LogP contribution in [0.3, 0.4) is 0 Å². The summed E-state index contributed by atoms with van der Waals surface area (Å²) >= 11 is 2.06. The molecule has 1 atom stereocenters. The van der Waals surface area contributed by atoms with Gasteiger partial charge in [-0.3, -0.25) is 0 Å². The molecule has 0 aliphatic heterocycles. The summed E-state index contributed by atoms with van der Waals surface area (Å²) in [4.78, 5) is 11.0. The van der Waals surface area contributed by atoms with Gasteiger partial charge in [0, 0.05) is 0 Å². The standard InChI is InChI=1S/C9H9IO3/c1-6(11)9(12)13-8-5-3-2-4-7(8)10/h2-6,11H,1H3/t6-/m0/s1. The van der Waals surface area contributed by atoms with Crippen molar-refractivity contribution in [2.24, 2.45) is 0 Å². The van der Waals surface area contributed by atoms with E-state index in [2.05, 4.69) is 22.6 Å². The minimum absolute atomic E-state index is 0.481. The molecule has 0 bridgehead atoms. The van der Waals surface area contributed by atoms with Crippen LogP contribution in [0.4, 0.5) is 0 Å². The Bertz CT molecular complexity index is 309. The number of aliphatic hydroxyl groups excluding tert-OH is 1. The molecule has 0 amide bonds. The van der Waals surface area contributed by atoms with Crippen LogP contribution in [-0.4, -0.2) is 17.2 Å². The molecule has 0 heterocycles. The fraction of sp³-hybridized carbons (Fsp3) is 0.222. The average Bonchev–Trinajstić information content (AvgIpc) is 2.08. The first kappa shape index (κ1) is 10.5. The highest BCUT2D eigenvalue weighted by Crippen LogP contribution is 2.19. The summed E-state index contributed by atoms with van der Waals surface area (Å²) in [6.07, 6.45) is -1.09. The zero-order chi connectivity index (χ0) is 9.84. The number of esters is 1. The van der Waals surface area contributed by atoms with Crippen LogP contribution in [0.1, 0.15) is 6.92 Å². The van der Waals surface area contributed by atoms with Crippen molar-refractivity contribution in [1.29, 1.82) is 0 Å². The topological polar surface area (TPSA) is 46.5 Å². The van der Waals surface area contributed by atoms with Crippen LogP contribution in [0.15, 0.2) is 24.3 Å². The monoisotopic (exact) mass is 292 g/mol. The predicted octanol–water partition coefficient (Wildman–Crippen LogP) is 1.58. The lowest BCUT2D eigenvalue weighted by molar-refractivity contribution is -0.142. The van der Waals surface area contributed by atoms with Crippen molar-refractivity contribution < 1.29 is 14.6 Å². The Morgan fingerprint density at radius 3 is 2.69 bits per heavy atom. The lowest BCUT2D eigenvalue weighted by Crippen LogP contribution is -2.22. The lowest BCUT2D eigenvalue weighted by atomic mass is 10.3. The van der Waals surface area contributed by atoms with Gasteiger partial charge in [0.05, 0.1) is 3.57 Å². The van der Waals surface area contributed by atoms with Crippen molar-refractivity contribution in [2.75, 3.05) is 0 Å². The molecule has 0 aromatic heterocycles. The molecule has 0 saturated heterocycles. The molecule has 0 radical (unpaired) electrons. The van der Waals surface area contributed by atoms with E-state index in [9.17, 15) is 4.79 Å². The summed E-state index contributed by atoms with van der Waals surface area (Å²) < 4.78 is 5.75. The maximum atomic E-state index is 11.0. The molecular formula is C9H9IO3. The summed E-state index contributed by atoms with van der Waals surface area (Å²) in [6, 6.07) is 7.13. The molecule has 0 aliphatic carbocycles. The zero-order valence-electron chi connectivity index (χ0n) is 7.03. The molecule has 0 fully saturated rings. The number of ether oxygens (including phenoxy) is 1. The van der Waals surface area contributed by atoms with E-state index in [0.29, 0.717) is 5.75 Å². The number of carbonyl (C=O) groups is 1. The van der Waals surface area contributed by atoms with Crippen LogP contribution in [0, 0.1) is 3.57 Å². The normalized spacial score (nSPS) is 12.2. The van der Waals surface area contributed by atoms with E-state index in [0.717, 1.165) is 3.57 Å². The maximum absolute atomic E-state index is 11.0. The second kappa shape index (κ2) is 4.57. The van der Waals surface area contributed by atoms with Crippen LogP contribution in [0.25, 0.3) is 0 Å². The van der Waals surface area contributed by atoms with E-state index in [1.807, 2.05) is 12.1 Å². The van der Waals surface area contributed by atoms with Gasteiger partial charge in [0.1, 0.15) is 11.9 Å². The third-order valence-electron chi connectivity index (χ3n) is 1.39. The number of rotatable bonds is 2. The Morgan fingerprint density at radius 1 is 1.54 bits per heavy atom. The first-order valence-corrected chi connectivity index (χ1v) is 4.83. The molecule has 0 spiro atoms. The molecule has 1 rings (SSSR count). The largest absolute Gasteiger partial charge is 0.423 e. The van der Waals surface area contributed by atoms with Gasteiger partial charge in [-0.05, 0) is 41.6 Å². The van der Waals surface area contributed by atoms with Crippen LogP contribution < -0.4 is 4.74 Å². The summed E-state index contributed by atoms with van der Waals surface area (Å²) in [5.41, 5.74) is 0. The van der Waals surface area contributed by atoms with E-state index in [4.69, 9.17) is 9.84 Å². The molecule has 70 valence electrons. The summed E-state index contributed by atoms with van der Waals surface area (Å²) in [5.74, 6) is -0.155. The van der Waals surface area contributed by atoms with Crippen molar-refractivity contribution in [3.63, 3.8) is 0 Å². The Hall–Kier alpha value is -0.620. The highest BCUT2D eigenvalue weighted by Gasteiger charge is 2.12. The predicted molar refractivity (Wildman–Crippen MR) is 56.5 cm³/mol. The lowest BCUT2D eigenvalue weighted by Gasteiger charge is -2.06. The second-order valence-corrected chi connectivity index (χ2v) is 3.69. The van der Waals surface area contributed by atoms with Gasteiger partial charge >= 0.3 is 5.97 Å². The van der Waals surface area contributed by atoms with Gasteiger partial charge in [0.2, 0.25) is 0 Å². The van der Waals surface area contributed by atoms with Crippen LogP contribution in [-0.2, 0) is 4.79 Å². The highest BCUT2D eigenvalue weighted by molar-refractivity contribution is 14.1. The SMILES string of the molecule is C[C@H](O)C(=O)Oc1ccccc1I. The van der Waals surface area contributed by atoms with Gasteiger partial charge in [-0.25, -0.2) is 4.79 Å². The molecule has 13 heavy (non-hydrogen) atoms. The van der Waals surface area contributed by atoms with E-state index >= 15 is 0 Å². The third kappa shape index (κ3) is 2.96. The zero-order valence-corrected chi connectivity index (χ0v) is 9.19. The van der Waals surface area contributed by atoms with Crippen LogP contribution >= 0.6 is 22.6 Å². The Kier molecular flexibility index (Phi) is 3.68. The van der Waals surface area contributed by atoms with Crippen molar-refractivity contribution in [2.45, 2.75) is 13.0 Å². The molecule has 4 heteroatoms.